The van der Waals surface area contributed by atoms with Crippen LogP contribution in [0.3, 0.4) is 0 Å². The molecule has 108 valence electrons. The number of nitrogens with zero attached hydrogens (tertiary/aromatic N) is 1. The van der Waals surface area contributed by atoms with Crippen LogP contribution in [-0.2, 0) is 4.74 Å². The van der Waals surface area contributed by atoms with Crippen molar-refractivity contribution >= 4 is 17.5 Å². The summed E-state index contributed by atoms with van der Waals surface area (Å²) in [5.41, 5.74) is 1.78. The fourth-order valence-electron chi connectivity index (χ4n) is 3.27. The summed E-state index contributed by atoms with van der Waals surface area (Å²) < 4.78 is 6.07. The van der Waals surface area contributed by atoms with Crippen molar-refractivity contribution in [3.8, 4) is 0 Å². The predicted molar refractivity (Wildman–Crippen MR) is 81.3 cm³/mol. The third-order valence-corrected chi connectivity index (χ3v) is 5.41. The Bertz CT molecular complexity index is 491. The maximum Gasteiger partial charge on any atom is 0.167 e. The van der Waals surface area contributed by atoms with Crippen molar-refractivity contribution < 1.29 is 9.53 Å². The van der Waals surface area contributed by atoms with Crippen molar-refractivity contribution in [2.24, 2.45) is 5.92 Å². The molecule has 0 bridgehead atoms. The SMILES string of the molecule is Cc1cncc(C(=O)C2CCOC3(CCSCC3)C2)c1. The Morgan fingerprint density at radius 3 is 2.95 bits per heavy atom. The minimum absolute atomic E-state index is 0.0267. The zero-order chi connectivity index (χ0) is 14.0. The number of ether oxygens (including phenoxy) is 1. The molecule has 0 aromatic carbocycles. The molecule has 0 aliphatic carbocycles. The lowest BCUT2D eigenvalue weighted by Crippen LogP contribution is -2.44. The van der Waals surface area contributed by atoms with Crippen LogP contribution >= 0.6 is 11.8 Å². The molecule has 20 heavy (non-hydrogen) atoms. The molecule has 0 N–H and O–H groups in total. The van der Waals surface area contributed by atoms with Gasteiger partial charge in [-0.05, 0) is 55.7 Å². The average molecular weight is 291 g/mol. The number of rotatable bonds is 2. The lowest BCUT2D eigenvalue weighted by Gasteiger charge is -2.42. The van der Waals surface area contributed by atoms with Crippen LogP contribution in [-0.4, -0.2) is 34.5 Å². The molecule has 3 heterocycles. The fraction of sp³-hybridized carbons (Fsp3) is 0.625. The molecule has 0 amide bonds. The molecule has 1 unspecified atom stereocenters. The maximum absolute atomic E-state index is 12.7. The van der Waals surface area contributed by atoms with Gasteiger partial charge in [-0.3, -0.25) is 9.78 Å². The molecule has 3 rings (SSSR count). The lowest BCUT2D eigenvalue weighted by atomic mass is 9.79. The molecule has 2 aliphatic rings. The Labute approximate surface area is 124 Å². The number of carbonyl (C=O) groups is 1. The van der Waals surface area contributed by atoms with Crippen LogP contribution in [0.1, 0.15) is 41.6 Å². The van der Waals surface area contributed by atoms with Gasteiger partial charge in [0, 0.05) is 30.5 Å². The van der Waals surface area contributed by atoms with Crippen molar-refractivity contribution in [1.82, 2.24) is 4.98 Å². The van der Waals surface area contributed by atoms with E-state index in [1.54, 1.807) is 12.4 Å². The van der Waals surface area contributed by atoms with Gasteiger partial charge in [-0.2, -0.15) is 11.8 Å². The van der Waals surface area contributed by atoms with E-state index in [0.717, 1.165) is 54.9 Å². The first kappa shape index (κ1) is 14.1. The molecule has 3 nitrogen and oxygen atoms in total. The summed E-state index contributed by atoms with van der Waals surface area (Å²) in [5, 5.41) is 0. The highest BCUT2D eigenvalue weighted by atomic mass is 32.2. The number of thioether (sulfide) groups is 1. The number of carbonyl (C=O) groups excluding carboxylic acids is 1. The highest BCUT2D eigenvalue weighted by Crippen LogP contribution is 2.40. The van der Waals surface area contributed by atoms with Crippen LogP contribution in [0.4, 0.5) is 0 Å². The number of hydrogen-bond donors (Lipinski definition) is 0. The van der Waals surface area contributed by atoms with Gasteiger partial charge in [0.1, 0.15) is 0 Å². The number of hydrogen-bond acceptors (Lipinski definition) is 4. The third-order valence-electron chi connectivity index (χ3n) is 4.43. The van der Waals surface area contributed by atoms with Gasteiger partial charge in [0.15, 0.2) is 5.78 Å². The van der Waals surface area contributed by atoms with Gasteiger partial charge in [0.25, 0.3) is 0 Å². The Morgan fingerprint density at radius 2 is 2.20 bits per heavy atom. The zero-order valence-corrected chi connectivity index (χ0v) is 12.7. The molecule has 4 heteroatoms. The van der Waals surface area contributed by atoms with E-state index >= 15 is 0 Å². The zero-order valence-electron chi connectivity index (χ0n) is 11.9. The van der Waals surface area contributed by atoms with Gasteiger partial charge in [-0.15, -0.1) is 0 Å². The van der Waals surface area contributed by atoms with Crippen molar-refractivity contribution in [3.63, 3.8) is 0 Å². The van der Waals surface area contributed by atoms with Gasteiger partial charge >= 0.3 is 0 Å². The highest BCUT2D eigenvalue weighted by Gasteiger charge is 2.41. The monoisotopic (exact) mass is 291 g/mol. The van der Waals surface area contributed by atoms with Crippen molar-refractivity contribution in [1.29, 1.82) is 0 Å². The molecule has 0 radical (unpaired) electrons. The normalized spacial score (nSPS) is 25.6. The maximum atomic E-state index is 12.7. The van der Waals surface area contributed by atoms with E-state index < -0.39 is 0 Å². The molecule has 1 aromatic rings. The summed E-state index contributed by atoms with van der Waals surface area (Å²) in [4.78, 5) is 16.8. The summed E-state index contributed by atoms with van der Waals surface area (Å²) in [6.07, 6.45) is 7.41. The van der Waals surface area contributed by atoms with Gasteiger partial charge in [-0.25, -0.2) is 0 Å². The van der Waals surface area contributed by atoms with Gasteiger partial charge in [-0.1, -0.05) is 0 Å². The molecule has 2 aliphatic heterocycles. The molecule has 1 atom stereocenters. The molecule has 0 saturated carbocycles. The first-order valence-electron chi connectivity index (χ1n) is 7.36. The van der Waals surface area contributed by atoms with Crippen LogP contribution in [0.25, 0.3) is 0 Å². The first-order chi connectivity index (χ1) is 9.69. The van der Waals surface area contributed by atoms with Crippen LogP contribution in [0.15, 0.2) is 18.5 Å². The average Bonchev–Trinajstić information content (AvgIpc) is 2.47. The van der Waals surface area contributed by atoms with Gasteiger partial charge in [0.2, 0.25) is 0 Å². The summed E-state index contributed by atoms with van der Waals surface area (Å²) in [6, 6.07) is 1.95. The largest absolute Gasteiger partial charge is 0.375 e. The standard InChI is InChI=1S/C16H21NO2S/c1-12-8-14(11-17-10-12)15(18)13-2-5-19-16(9-13)3-6-20-7-4-16/h8,10-11,13H,2-7,9H2,1H3. The van der Waals surface area contributed by atoms with Crippen LogP contribution in [0.2, 0.25) is 0 Å². The Hall–Kier alpha value is -0.870. The van der Waals surface area contributed by atoms with E-state index in [2.05, 4.69) is 4.98 Å². The third kappa shape index (κ3) is 2.91. The number of aromatic nitrogens is 1. The van der Waals surface area contributed by atoms with Crippen molar-refractivity contribution in [3.05, 3.63) is 29.6 Å². The van der Waals surface area contributed by atoms with Crippen LogP contribution in [0, 0.1) is 12.8 Å². The van der Waals surface area contributed by atoms with E-state index in [-0.39, 0.29) is 17.3 Å². The second-order valence-corrected chi connectivity index (χ2v) is 7.17. The van der Waals surface area contributed by atoms with E-state index in [0.29, 0.717) is 0 Å². The predicted octanol–water partition coefficient (Wildman–Crippen LogP) is 3.27. The summed E-state index contributed by atoms with van der Waals surface area (Å²) in [5.74, 6) is 2.68. The smallest absolute Gasteiger partial charge is 0.167 e. The second-order valence-electron chi connectivity index (χ2n) is 5.95. The van der Waals surface area contributed by atoms with E-state index in [4.69, 9.17) is 4.74 Å². The van der Waals surface area contributed by atoms with Gasteiger partial charge < -0.3 is 4.74 Å². The summed E-state index contributed by atoms with van der Waals surface area (Å²) in [7, 11) is 0. The van der Waals surface area contributed by atoms with Crippen LogP contribution in [0.5, 0.6) is 0 Å². The number of ketones is 1. The van der Waals surface area contributed by atoms with Crippen LogP contribution < -0.4 is 0 Å². The van der Waals surface area contributed by atoms with E-state index in [9.17, 15) is 4.79 Å². The number of pyridine rings is 1. The molecule has 1 spiro atoms. The lowest BCUT2D eigenvalue weighted by molar-refractivity contribution is -0.0959. The van der Waals surface area contributed by atoms with E-state index in [1.165, 1.54) is 0 Å². The number of aryl methyl sites for hydroxylation is 1. The highest BCUT2D eigenvalue weighted by molar-refractivity contribution is 7.99. The second kappa shape index (κ2) is 5.86. The summed E-state index contributed by atoms with van der Waals surface area (Å²) >= 11 is 2.00. The minimum atomic E-state index is -0.0267. The van der Waals surface area contributed by atoms with Crippen molar-refractivity contribution in [2.75, 3.05) is 18.1 Å². The Morgan fingerprint density at radius 1 is 1.40 bits per heavy atom. The van der Waals surface area contributed by atoms with E-state index in [1.807, 2.05) is 24.8 Å². The van der Waals surface area contributed by atoms with Crippen molar-refractivity contribution in [2.45, 2.75) is 38.2 Å². The minimum Gasteiger partial charge on any atom is -0.375 e. The Kier molecular flexibility index (Phi) is 4.13. The van der Waals surface area contributed by atoms with Gasteiger partial charge in [0.05, 0.1) is 5.60 Å². The molecule has 2 saturated heterocycles. The molecular weight excluding hydrogens is 270 g/mol. The molecule has 2 fully saturated rings. The molecule has 1 aromatic heterocycles. The fourth-order valence-corrected chi connectivity index (χ4v) is 4.51. The first-order valence-corrected chi connectivity index (χ1v) is 8.52. The molecular formula is C16H21NO2S. The topological polar surface area (TPSA) is 39.2 Å². The summed E-state index contributed by atoms with van der Waals surface area (Å²) in [6.45, 7) is 2.70. The Balaban J connectivity index is 1.74. The number of Topliss-reactive ketones (excluding diaryl/α,β-unsaturated/α-hetero) is 1. The quantitative estimate of drug-likeness (QED) is 0.784.